The number of carbonyl (C=O) groups excluding carboxylic acids is 1. The molecule has 4 rings (SSSR count). The summed E-state index contributed by atoms with van der Waals surface area (Å²) in [6, 6.07) is 3.19. The third kappa shape index (κ3) is 3.61. The SMILES string of the molecule is O=C(Cn1nc(N2CCOCC2)ccc1=O)NC[C@H]1C[C@@H]2C=C[C@H]1C2. The van der Waals surface area contributed by atoms with Gasteiger partial charge in [0.25, 0.3) is 5.56 Å². The summed E-state index contributed by atoms with van der Waals surface area (Å²) in [4.78, 5) is 26.3. The van der Waals surface area contributed by atoms with E-state index in [0.717, 1.165) is 19.5 Å². The van der Waals surface area contributed by atoms with E-state index in [1.807, 2.05) is 0 Å². The van der Waals surface area contributed by atoms with Crippen molar-refractivity contribution in [2.45, 2.75) is 19.4 Å². The Morgan fingerprint density at radius 3 is 2.80 bits per heavy atom. The van der Waals surface area contributed by atoms with Gasteiger partial charge in [0.05, 0.1) is 13.2 Å². The highest BCUT2D eigenvalue weighted by molar-refractivity contribution is 5.75. The Labute approximate surface area is 146 Å². The molecule has 1 N–H and O–H groups in total. The molecule has 0 aromatic carbocycles. The Hall–Kier alpha value is -2.15. The highest BCUT2D eigenvalue weighted by Gasteiger charge is 2.35. The van der Waals surface area contributed by atoms with Crippen LogP contribution in [0.15, 0.2) is 29.1 Å². The van der Waals surface area contributed by atoms with Crippen LogP contribution in [-0.4, -0.2) is 48.5 Å². The van der Waals surface area contributed by atoms with Gasteiger partial charge in [-0.15, -0.1) is 0 Å². The monoisotopic (exact) mass is 344 g/mol. The second-order valence-electron chi connectivity index (χ2n) is 7.13. The van der Waals surface area contributed by atoms with E-state index in [-0.39, 0.29) is 18.0 Å². The van der Waals surface area contributed by atoms with Crippen molar-refractivity contribution < 1.29 is 9.53 Å². The van der Waals surface area contributed by atoms with Crippen molar-refractivity contribution >= 4 is 11.7 Å². The van der Waals surface area contributed by atoms with Crippen LogP contribution in [0.1, 0.15) is 12.8 Å². The van der Waals surface area contributed by atoms with E-state index in [0.29, 0.717) is 43.3 Å². The Bertz CT molecular complexity index is 723. The zero-order valence-electron chi connectivity index (χ0n) is 14.3. The highest BCUT2D eigenvalue weighted by Crippen LogP contribution is 2.42. The molecule has 2 fully saturated rings. The standard InChI is InChI=1S/C18H24N4O3/c23-17(19-11-15-10-13-1-2-14(15)9-13)12-22-18(24)4-3-16(20-22)21-5-7-25-8-6-21/h1-4,13-15H,5-12H2,(H,19,23)/t13-,14+,15-/m1/s1. The second-order valence-corrected chi connectivity index (χ2v) is 7.13. The maximum absolute atomic E-state index is 12.3. The van der Waals surface area contributed by atoms with Crippen molar-refractivity contribution in [2.24, 2.45) is 17.8 Å². The predicted octanol–water partition coefficient (Wildman–Crippen LogP) is 0.408. The molecule has 3 atom stereocenters. The van der Waals surface area contributed by atoms with E-state index < -0.39 is 0 Å². The molecule has 3 aliphatic rings. The van der Waals surface area contributed by atoms with Crippen LogP contribution in [0.3, 0.4) is 0 Å². The van der Waals surface area contributed by atoms with Crippen LogP contribution in [0.4, 0.5) is 5.82 Å². The maximum Gasteiger partial charge on any atom is 0.267 e. The van der Waals surface area contributed by atoms with E-state index in [9.17, 15) is 9.59 Å². The van der Waals surface area contributed by atoms with E-state index in [2.05, 4.69) is 27.5 Å². The maximum atomic E-state index is 12.3. The van der Waals surface area contributed by atoms with Gasteiger partial charge in [-0.05, 0) is 36.7 Å². The van der Waals surface area contributed by atoms with E-state index in [1.54, 1.807) is 6.07 Å². The number of nitrogens with one attached hydrogen (secondary N) is 1. The largest absolute Gasteiger partial charge is 0.378 e. The van der Waals surface area contributed by atoms with Gasteiger partial charge in [-0.25, -0.2) is 4.68 Å². The van der Waals surface area contributed by atoms with Gasteiger partial charge in [0, 0.05) is 25.7 Å². The van der Waals surface area contributed by atoms with Gasteiger partial charge < -0.3 is 15.0 Å². The van der Waals surface area contributed by atoms with E-state index in [4.69, 9.17) is 4.74 Å². The number of hydrogen-bond acceptors (Lipinski definition) is 5. The molecular formula is C18H24N4O3. The Morgan fingerprint density at radius 1 is 1.24 bits per heavy atom. The summed E-state index contributed by atoms with van der Waals surface area (Å²) in [5.41, 5.74) is -0.255. The van der Waals surface area contributed by atoms with Crippen LogP contribution in [0, 0.1) is 17.8 Å². The average molecular weight is 344 g/mol. The third-order valence-corrected chi connectivity index (χ3v) is 5.46. The first-order chi connectivity index (χ1) is 12.2. The lowest BCUT2D eigenvalue weighted by Gasteiger charge is -2.27. The van der Waals surface area contributed by atoms with Crippen LogP contribution >= 0.6 is 0 Å². The number of rotatable bonds is 5. The summed E-state index contributed by atoms with van der Waals surface area (Å²) in [5, 5.41) is 7.33. The van der Waals surface area contributed by atoms with Gasteiger partial charge in [0.2, 0.25) is 5.91 Å². The fraction of sp³-hybridized carbons (Fsp3) is 0.611. The Kier molecular flexibility index (Phi) is 4.57. The number of carbonyl (C=O) groups is 1. The minimum atomic E-state index is -0.255. The number of aromatic nitrogens is 2. The van der Waals surface area contributed by atoms with Crippen molar-refractivity contribution in [2.75, 3.05) is 37.7 Å². The molecule has 2 heterocycles. The summed E-state index contributed by atoms with van der Waals surface area (Å²) in [6.07, 6.45) is 6.96. The van der Waals surface area contributed by atoms with Gasteiger partial charge in [-0.2, -0.15) is 5.10 Å². The molecule has 0 radical (unpaired) electrons. The fourth-order valence-corrected chi connectivity index (χ4v) is 4.08. The normalized spacial score (nSPS) is 27.7. The van der Waals surface area contributed by atoms with E-state index >= 15 is 0 Å². The van der Waals surface area contributed by atoms with E-state index in [1.165, 1.54) is 17.2 Å². The lowest BCUT2D eigenvalue weighted by atomic mass is 9.94. The van der Waals surface area contributed by atoms with Crippen molar-refractivity contribution in [3.05, 3.63) is 34.6 Å². The van der Waals surface area contributed by atoms with Crippen molar-refractivity contribution in [1.82, 2.24) is 15.1 Å². The first-order valence-electron chi connectivity index (χ1n) is 9.05. The van der Waals surface area contributed by atoms with Crippen LogP contribution in [0.5, 0.6) is 0 Å². The molecule has 1 aromatic rings. The summed E-state index contributed by atoms with van der Waals surface area (Å²) < 4.78 is 6.59. The molecule has 2 aliphatic carbocycles. The number of hydrogen-bond donors (Lipinski definition) is 1. The van der Waals surface area contributed by atoms with Crippen molar-refractivity contribution in [3.8, 4) is 0 Å². The number of allylic oxidation sites excluding steroid dienone is 2. The summed E-state index contributed by atoms with van der Waals surface area (Å²) in [5.74, 6) is 2.40. The lowest BCUT2D eigenvalue weighted by Crippen LogP contribution is -2.40. The van der Waals surface area contributed by atoms with Crippen LogP contribution in [-0.2, 0) is 16.1 Å². The Morgan fingerprint density at radius 2 is 2.08 bits per heavy atom. The smallest absolute Gasteiger partial charge is 0.267 e. The second kappa shape index (κ2) is 7.00. The molecule has 7 nitrogen and oxygen atoms in total. The molecule has 2 bridgehead atoms. The topological polar surface area (TPSA) is 76.5 Å². The van der Waals surface area contributed by atoms with Crippen LogP contribution in [0.2, 0.25) is 0 Å². The molecule has 0 spiro atoms. The van der Waals surface area contributed by atoms with Gasteiger partial charge in [-0.3, -0.25) is 9.59 Å². The minimum Gasteiger partial charge on any atom is -0.378 e. The molecular weight excluding hydrogens is 320 g/mol. The first-order valence-corrected chi connectivity index (χ1v) is 9.05. The number of fused-ring (bicyclic) bond motifs is 2. The van der Waals surface area contributed by atoms with Gasteiger partial charge >= 0.3 is 0 Å². The van der Waals surface area contributed by atoms with Gasteiger partial charge in [0.1, 0.15) is 12.4 Å². The van der Waals surface area contributed by atoms with Crippen LogP contribution in [0.25, 0.3) is 0 Å². The first kappa shape index (κ1) is 16.3. The molecule has 1 aliphatic heterocycles. The Balaban J connectivity index is 1.35. The number of ether oxygens (including phenoxy) is 1. The molecule has 0 unspecified atom stereocenters. The number of anilines is 1. The fourth-order valence-electron chi connectivity index (χ4n) is 4.08. The van der Waals surface area contributed by atoms with Gasteiger partial charge in [-0.1, -0.05) is 12.2 Å². The number of amides is 1. The average Bonchev–Trinajstić information content (AvgIpc) is 3.26. The third-order valence-electron chi connectivity index (χ3n) is 5.46. The zero-order valence-corrected chi connectivity index (χ0v) is 14.3. The zero-order chi connectivity index (χ0) is 17.2. The molecule has 1 amide bonds. The predicted molar refractivity (Wildman–Crippen MR) is 93.4 cm³/mol. The van der Waals surface area contributed by atoms with Crippen molar-refractivity contribution in [3.63, 3.8) is 0 Å². The molecule has 7 heteroatoms. The van der Waals surface area contributed by atoms with Crippen molar-refractivity contribution in [1.29, 1.82) is 0 Å². The molecule has 1 aromatic heterocycles. The molecule has 1 saturated carbocycles. The van der Waals surface area contributed by atoms with Crippen LogP contribution < -0.4 is 15.8 Å². The quantitative estimate of drug-likeness (QED) is 0.783. The summed E-state index contributed by atoms with van der Waals surface area (Å²) >= 11 is 0. The summed E-state index contributed by atoms with van der Waals surface area (Å²) in [7, 11) is 0. The molecule has 134 valence electrons. The number of morpholine rings is 1. The highest BCUT2D eigenvalue weighted by atomic mass is 16.5. The number of nitrogens with zero attached hydrogens (tertiary/aromatic N) is 3. The summed E-state index contributed by atoms with van der Waals surface area (Å²) in [6.45, 7) is 3.44. The minimum absolute atomic E-state index is 0.0341. The molecule has 1 saturated heterocycles. The molecule has 25 heavy (non-hydrogen) atoms. The lowest BCUT2D eigenvalue weighted by molar-refractivity contribution is -0.122. The van der Waals surface area contributed by atoms with Gasteiger partial charge in [0.15, 0.2) is 0 Å².